The van der Waals surface area contributed by atoms with Gasteiger partial charge in [0.25, 0.3) is 0 Å². The van der Waals surface area contributed by atoms with E-state index >= 15 is 0 Å². The Kier molecular flexibility index (Phi) is 3.44. The molecule has 0 saturated carbocycles. The third-order valence-corrected chi connectivity index (χ3v) is 3.83. The van der Waals surface area contributed by atoms with Gasteiger partial charge in [0.05, 0.1) is 22.4 Å². The van der Waals surface area contributed by atoms with Gasteiger partial charge in [-0.3, -0.25) is 4.90 Å². The molecule has 0 aliphatic carbocycles. The Balaban J connectivity index is 1.89. The van der Waals surface area contributed by atoms with Crippen molar-refractivity contribution >= 4 is 11.0 Å². The SMILES string of the molecule is Cc1nc2ccccc2nc1CN1CCNC[C@@H]1C. The molecule has 1 aromatic carbocycles. The molecule has 2 heterocycles. The van der Waals surface area contributed by atoms with Gasteiger partial charge in [-0.15, -0.1) is 0 Å². The monoisotopic (exact) mass is 256 g/mol. The molecule has 1 atom stereocenters. The lowest BCUT2D eigenvalue weighted by Gasteiger charge is -2.33. The summed E-state index contributed by atoms with van der Waals surface area (Å²) in [6.45, 7) is 8.41. The lowest BCUT2D eigenvalue weighted by Crippen LogP contribution is -2.49. The Labute approximate surface area is 113 Å². The molecule has 0 unspecified atom stereocenters. The van der Waals surface area contributed by atoms with Crippen molar-refractivity contribution in [2.24, 2.45) is 0 Å². The summed E-state index contributed by atoms with van der Waals surface area (Å²) in [5.41, 5.74) is 4.12. The molecule has 100 valence electrons. The van der Waals surface area contributed by atoms with Gasteiger partial charge >= 0.3 is 0 Å². The Morgan fingerprint density at radius 1 is 1.26 bits per heavy atom. The average Bonchev–Trinajstić information content (AvgIpc) is 2.42. The number of nitrogens with one attached hydrogen (secondary N) is 1. The zero-order chi connectivity index (χ0) is 13.2. The second-order valence-electron chi connectivity index (χ2n) is 5.27. The molecule has 1 aliphatic rings. The Morgan fingerprint density at radius 2 is 2.00 bits per heavy atom. The molecule has 1 saturated heterocycles. The van der Waals surface area contributed by atoms with Gasteiger partial charge < -0.3 is 5.32 Å². The lowest BCUT2D eigenvalue weighted by molar-refractivity contribution is 0.163. The largest absolute Gasteiger partial charge is 0.314 e. The van der Waals surface area contributed by atoms with Gasteiger partial charge in [0, 0.05) is 32.2 Å². The molecular formula is C15H20N4. The van der Waals surface area contributed by atoms with Crippen molar-refractivity contribution in [2.75, 3.05) is 19.6 Å². The predicted octanol–water partition coefficient (Wildman–Crippen LogP) is 1.73. The first-order chi connectivity index (χ1) is 9.24. The Morgan fingerprint density at radius 3 is 2.74 bits per heavy atom. The van der Waals surface area contributed by atoms with Crippen molar-refractivity contribution in [1.29, 1.82) is 0 Å². The fourth-order valence-electron chi connectivity index (χ4n) is 2.58. The van der Waals surface area contributed by atoms with E-state index in [1.54, 1.807) is 0 Å². The van der Waals surface area contributed by atoms with E-state index in [-0.39, 0.29) is 0 Å². The number of para-hydroxylation sites is 2. The molecule has 0 amide bonds. The first kappa shape index (κ1) is 12.5. The molecule has 0 spiro atoms. The van der Waals surface area contributed by atoms with Gasteiger partial charge in [0.2, 0.25) is 0 Å². The molecule has 4 nitrogen and oxygen atoms in total. The van der Waals surface area contributed by atoms with Crippen LogP contribution in [0.4, 0.5) is 0 Å². The summed E-state index contributed by atoms with van der Waals surface area (Å²) in [6, 6.07) is 8.64. The molecular weight excluding hydrogens is 236 g/mol. The summed E-state index contributed by atoms with van der Waals surface area (Å²) < 4.78 is 0. The summed E-state index contributed by atoms with van der Waals surface area (Å²) in [7, 11) is 0. The van der Waals surface area contributed by atoms with Crippen LogP contribution in [0.2, 0.25) is 0 Å². The van der Waals surface area contributed by atoms with Crippen LogP contribution in [0.3, 0.4) is 0 Å². The summed E-state index contributed by atoms with van der Waals surface area (Å²) in [6.07, 6.45) is 0. The number of rotatable bonds is 2. The minimum absolute atomic E-state index is 0.557. The molecule has 1 aliphatic heterocycles. The standard InChI is InChI=1S/C15H20N4/c1-11-9-16-7-8-19(11)10-15-12(2)17-13-5-3-4-6-14(13)18-15/h3-6,11,16H,7-10H2,1-2H3/t11-/m0/s1. The highest BCUT2D eigenvalue weighted by Gasteiger charge is 2.19. The van der Waals surface area contributed by atoms with E-state index in [0.29, 0.717) is 6.04 Å². The molecule has 3 rings (SSSR count). The zero-order valence-corrected chi connectivity index (χ0v) is 11.6. The number of hydrogen-bond acceptors (Lipinski definition) is 4. The minimum Gasteiger partial charge on any atom is -0.314 e. The van der Waals surface area contributed by atoms with E-state index in [4.69, 9.17) is 4.98 Å². The van der Waals surface area contributed by atoms with E-state index in [1.807, 2.05) is 24.3 Å². The van der Waals surface area contributed by atoms with Crippen LogP contribution in [0, 0.1) is 6.92 Å². The van der Waals surface area contributed by atoms with E-state index in [0.717, 1.165) is 48.6 Å². The van der Waals surface area contributed by atoms with Gasteiger partial charge in [-0.25, -0.2) is 9.97 Å². The molecule has 1 N–H and O–H groups in total. The third kappa shape index (κ3) is 2.60. The maximum Gasteiger partial charge on any atom is 0.0890 e. The highest BCUT2D eigenvalue weighted by atomic mass is 15.2. The number of piperazine rings is 1. The van der Waals surface area contributed by atoms with Crippen LogP contribution in [0.5, 0.6) is 0 Å². The Hall–Kier alpha value is -1.52. The topological polar surface area (TPSA) is 41.1 Å². The number of aryl methyl sites for hydroxylation is 1. The van der Waals surface area contributed by atoms with Gasteiger partial charge in [0.1, 0.15) is 0 Å². The normalized spacial score (nSPS) is 20.8. The van der Waals surface area contributed by atoms with E-state index in [2.05, 4.69) is 29.0 Å². The fraction of sp³-hybridized carbons (Fsp3) is 0.467. The van der Waals surface area contributed by atoms with Crippen LogP contribution >= 0.6 is 0 Å². The predicted molar refractivity (Wildman–Crippen MR) is 77.0 cm³/mol. The van der Waals surface area contributed by atoms with Crippen molar-refractivity contribution < 1.29 is 0 Å². The first-order valence-corrected chi connectivity index (χ1v) is 6.91. The van der Waals surface area contributed by atoms with Gasteiger partial charge in [-0.05, 0) is 26.0 Å². The second kappa shape index (κ2) is 5.23. The quantitative estimate of drug-likeness (QED) is 0.888. The second-order valence-corrected chi connectivity index (χ2v) is 5.27. The average molecular weight is 256 g/mol. The molecule has 1 aromatic heterocycles. The number of nitrogens with zero attached hydrogens (tertiary/aromatic N) is 3. The summed E-state index contributed by atoms with van der Waals surface area (Å²) in [5.74, 6) is 0. The van der Waals surface area contributed by atoms with Gasteiger partial charge in [-0.2, -0.15) is 0 Å². The van der Waals surface area contributed by atoms with Gasteiger partial charge in [-0.1, -0.05) is 12.1 Å². The van der Waals surface area contributed by atoms with E-state index in [1.165, 1.54) is 0 Å². The fourth-order valence-corrected chi connectivity index (χ4v) is 2.58. The molecule has 0 bridgehead atoms. The van der Waals surface area contributed by atoms with Crippen LogP contribution in [0.25, 0.3) is 11.0 Å². The van der Waals surface area contributed by atoms with Crippen LogP contribution < -0.4 is 5.32 Å². The number of fused-ring (bicyclic) bond motifs is 1. The van der Waals surface area contributed by atoms with Crippen molar-refractivity contribution in [3.8, 4) is 0 Å². The van der Waals surface area contributed by atoms with Crippen LogP contribution in [-0.2, 0) is 6.54 Å². The zero-order valence-electron chi connectivity index (χ0n) is 11.6. The number of benzene rings is 1. The maximum absolute atomic E-state index is 4.78. The third-order valence-electron chi connectivity index (χ3n) is 3.83. The van der Waals surface area contributed by atoms with E-state index in [9.17, 15) is 0 Å². The summed E-state index contributed by atoms with van der Waals surface area (Å²) in [5, 5.41) is 3.42. The Bertz CT molecular complexity index is 581. The first-order valence-electron chi connectivity index (χ1n) is 6.91. The van der Waals surface area contributed by atoms with E-state index < -0.39 is 0 Å². The van der Waals surface area contributed by atoms with Crippen molar-refractivity contribution in [1.82, 2.24) is 20.2 Å². The van der Waals surface area contributed by atoms with Crippen molar-refractivity contribution in [3.63, 3.8) is 0 Å². The lowest BCUT2D eigenvalue weighted by atomic mass is 10.2. The van der Waals surface area contributed by atoms with Crippen LogP contribution in [-0.4, -0.2) is 40.5 Å². The molecule has 1 fully saturated rings. The molecule has 2 aromatic rings. The molecule has 19 heavy (non-hydrogen) atoms. The smallest absolute Gasteiger partial charge is 0.0890 e. The van der Waals surface area contributed by atoms with Crippen LogP contribution in [0.15, 0.2) is 24.3 Å². The van der Waals surface area contributed by atoms with Crippen molar-refractivity contribution in [2.45, 2.75) is 26.4 Å². The molecule has 4 heteroatoms. The number of hydrogen-bond donors (Lipinski definition) is 1. The highest BCUT2D eigenvalue weighted by molar-refractivity contribution is 5.74. The van der Waals surface area contributed by atoms with Crippen molar-refractivity contribution in [3.05, 3.63) is 35.7 Å². The summed E-state index contributed by atoms with van der Waals surface area (Å²) in [4.78, 5) is 11.9. The molecule has 0 radical (unpaired) electrons. The summed E-state index contributed by atoms with van der Waals surface area (Å²) >= 11 is 0. The maximum atomic E-state index is 4.78. The highest BCUT2D eigenvalue weighted by Crippen LogP contribution is 2.15. The van der Waals surface area contributed by atoms with Gasteiger partial charge in [0.15, 0.2) is 0 Å². The minimum atomic E-state index is 0.557. The number of aromatic nitrogens is 2. The van der Waals surface area contributed by atoms with Crippen LogP contribution in [0.1, 0.15) is 18.3 Å².